The zero-order valence-corrected chi connectivity index (χ0v) is 39.6. The molecule has 55 heavy (non-hydrogen) atoms. The third-order valence-electron chi connectivity index (χ3n) is 12.3. The molecular formula is C54H106P. The van der Waals surface area contributed by atoms with E-state index in [1.54, 1.807) is 0 Å². The van der Waals surface area contributed by atoms with Crippen LogP contribution < -0.4 is 0 Å². The van der Waals surface area contributed by atoms with Crippen molar-refractivity contribution in [1.29, 1.82) is 0 Å². The molecule has 0 unspecified atom stereocenters. The highest BCUT2D eigenvalue weighted by atomic mass is 31.1. The zero-order valence-electron chi connectivity index (χ0n) is 38.7. The lowest BCUT2D eigenvalue weighted by Crippen LogP contribution is -1.84. The molecule has 1 heteroatoms. The molecule has 0 aromatic rings. The lowest BCUT2D eigenvalue weighted by atomic mass is 10.0. The largest absolute Gasteiger partial charge is 0.0834 e. The second-order valence-electron chi connectivity index (χ2n) is 18.1. The number of hydrogen-bond acceptors (Lipinski definition) is 0. The Hall–Kier alpha value is -0.0900. The number of rotatable bonds is 50. The van der Waals surface area contributed by atoms with Gasteiger partial charge in [0.2, 0.25) is 0 Å². The molecule has 0 saturated carbocycles. The number of hydrogen-bond donors (Lipinski definition) is 0. The fourth-order valence-corrected chi connectivity index (χ4v) is 9.06. The van der Waals surface area contributed by atoms with Crippen molar-refractivity contribution in [3.05, 3.63) is 23.8 Å². The first-order valence-corrected chi connectivity index (χ1v) is 27.4. The lowest BCUT2D eigenvalue weighted by molar-refractivity contribution is 0.518. The summed E-state index contributed by atoms with van der Waals surface area (Å²) in [6.45, 7) is 4.62. The summed E-state index contributed by atoms with van der Waals surface area (Å²) in [5, 5.41) is 0. The summed E-state index contributed by atoms with van der Waals surface area (Å²) in [5.74, 6) is 4.74. The van der Waals surface area contributed by atoms with Crippen molar-refractivity contribution in [3.63, 3.8) is 0 Å². The molecule has 0 aliphatic heterocycles. The molecule has 0 bridgehead atoms. The molecule has 0 saturated heterocycles. The van der Waals surface area contributed by atoms with Crippen LogP contribution in [0, 0.1) is 0 Å². The zero-order chi connectivity index (χ0) is 39.5. The average Bonchev–Trinajstić information content (AvgIpc) is 3.20. The molecule has 0 heterocycles. The quantitative estimate of drug-likeness (QED) is 0.0426. The van der Waals surface area contributed by atoms with Crippen LogP contribution in [0.15, 0.2) is 23.8 Å². The van der Waals surface area contributed by atoms with Crippen molar-refractivity contribution in [2.24, 2.45) is 0 Å². The Bertz CT molecular complexity index is 635. The van der Waals surface area contributed by atoms with E-state index in [0.29, 0.717) is 0 Å². The highest BCUT2D eigenvalue weighted by molar-refractivity contribution is 7.45. The molecule has 0 aromatic carbocycles. The minimum absolute atomic E-state index is 1.28. The van der Waals surface area contributed by atoms with Gasteiger partial charge in [0.1, 0.15) is 0 Å². The summed E-state index contributed by atoms with van der Waals surface area (Å²) >= 11 is 0. The third-order valence-corrected chi connectivity index (χ3v) is 13.1. The van der Waals surface area contributed by atoms with Crippen molar-refractivity contribution in [1.82, 2.24) is 0 Å². The summed E-state index contributed by atoms with van der Waals surface area (Å²) in [7, 11) is 1.38. The molecule has 1 radical (unpaired) electrons. The molecule has 0 atom stereocenters. The SMILES string of the molecule is CCCCCCCCCCCCCCCCCCCCCCCCC/C=C/[P]/C=C/CCCCCCCCCCCCCCCCCCCCCCCCC. The maximum atomic E-state index is 2.42. The van der Waals surface area contributed by atoms with Gasteiger partial charge in [0.25, 0.3) is 0 Å². The van der Waals surface area contributed by atoms with Gasteiger partial charge in [-0.05, 0) is 34.3 Å². The molecule has 0 aliphatic carbocycles. The summed E-state index contributed by atoms with van der Waals surface area (Å²) < 4.78 is 0. The highest BCUT2D eigenvalue weighted by Crippen LogP contribution is 2.19. The van der Waals surface area contributed by atoms with Gasteiger partial charge in [-0.25, -0.2) is 0 Å². The predicted molar refractivity (Wildman–Crippen MR) is 258 cm³/mol. The van der Waals surface area contributed by atoms with Crippen LogP contribution in [-0.4, -0.2) is 0 Å². The molecule has 0 fully saturated rings. The second-order valence-corrected chi connectivity index (χ2v) is 18.9. The molecular weight excluding hydrogens is 680 g/mol. The Morgan fingerprint density at radius 1 is 0.200 bits per heavy atom. The van der Waals surface area contributed by atoms with Gasteiger partial charge in [-0.3, -0.25) is 0 Å². The van der Waals surface area contributed by atoms with Crippen LogP contribution in [0.2, 0.25) is 0 Å². The van der Waals surface area contributed by atoms with Crippen molar-refractivity contribution >= 4 is 8.58 Å². The Morgan fingerprint density at radius 2 is 0.345 bits per heavy atom. The van der Waals surface area contributed by atoms with E-state index in [-0.39, 0.29) is 0 Å². The topological polar surface area (TPSA) is 0 Å². The fraction of sp³-hybridized carbons (Fsp3) is 0.926. The van der Waals surface area contributed by atoms with Crippen molar-refractivity contribution in [3.8, 4) is 0 Å². The van der Waals surface area contributed by atoms with E-state index in [1.165, 1.54) is 317 Å². The fourth-order valence-electron chi connectivity index (χ4n) is 8.42. The van der Waals surface area contributed by atoms with E-state index in [0.717, 1.165) is 0 Å². The van der Waals surface area contributed by atoms with E-state index in [2.05, 4.69) is 37.6 Å². The third kappa shape index (κ3) is 53.9. The van der Waals surface area contributed by atoms with Crippen LogP contribution in [-0.2, 0) is 0 Å². The first-order chi connectivity index (χ1) is 27.4. The monoisotopic (exact) mass is 786 g/mol. The van der Waals surface area contributed by atoms with Gasteiger partial charge in [0.15, 0.2) is 0 Å². The molecule has 0 aliphatic rings. The van der Waals surface area contributed by atoms with Gasteiger partial charge in [-0.15, -0.1) is 0 Å². The van der Waals surface area contributed by atoms with E-state index >= 15 is 0 Å². The molecule has 327 valence electrons. The van der Waals surface area contributed by atoms with Crippen LogP contribution in [0.3, 0.4) is 0 Å². The summed E-state index contributed by atoms with van der Waals surface area (Å²) in [6, 6.07) is 0. The summed E-state index contributed by atoms with van der Waals surface area (Å²) in [6.07, 6.45) is 74.9. The van der Waals surface area contributed by atoms with Crippen molar-refractivity contribution in [2.45, 2.75) is 322 Å². The van der Waals surface area contributed by atoms with Gasteiger partial charge in [0.05, 0.1) is 0 Å². The van der Waals surface area contributed by atoms with Gasteiger partial charge in [-0.2, -0.15) is 0 Å². The minimum atomic E-state index is 1.28. The Labute approximate surface area is 353 Å². The van der Waals surface area contributed by atoms with Crippen LogP contribution in [0.25, 0.3) is 0 Å². The van der Waals surface area contributed by atoms with E-state index in [1.807, 2.05) is 0 Å². The van der Waals surface area contributed by atoms with E-state index < -0.39 is 0 Å². The van der Waals surface area contributed by atoms with Gasteiger partial charge >= 0.3 is 0 Å². The smallest absolute Gasteiger partial charge is 0.0267 e. The standard InChI is InChI=1S/C54H106P/c1-3-5-7-9-11-13-15-17-19-21-23-25-27-29-31-33-35-37-39-41-43-45-47-49-51-53-55-54-52-50-48-46-44-42-40-38-36-34-32-30-28-26-24-22-20-18-16-14-12-10-8-6-4-2/h51-54H,3-50H2,1-2H3/b53-51+,54-52+. The molecule has 0 N–H and O–H groups in total. The van der Waals surface area contributed by atoms with Gasteiger partial charge < -0.3 is 0 Å². The normalized spacial score (nSPS) is 12.0. The maximum Gasteiger partial charge on any atom is -0.0267 e. The molecule has 0 aromatic heterocycles. The van der Waals surface area contributed by atoms with Crippen molar-refractivity contribution in [2.75, 3.05) is 0 Å². The summed E-state index contributed by atoms with van der Waals surface area (Å²) in [5.41, 5.74) is 0. The average molecular weight is 786 g/mol. The molecule has 0 rings (SSSR count). The first kappa shape index (κ1) is 54.9. The van der Waals surface area contributed by atoms with Crippen LogP contribution in [0.5, 0.6) is 0 Å². The van der Waals surface area contributed by atoms with Gasteiger partial charge in [-0.1, -0.05) is 320 Å². The maximum absolute atomic E-state index is 2.42. The van der Waals surface area contributed by atoms with Crippen molar-refractivity contribution < 1.29 is 0 Å². The van der Waals surface area contributed by atoms with E-state index in [4.69, 9.17) is 0 Å². The highest BCUT2D eigenvalue weighted by Gasteiger charge is 1.98. The molecule has 0 spiro atoms. The van der Waals surface area contributed by atoms with Gasteiger partial charge in [0, 0.05) is 0 Å². The van der Waals surface area contributed by atoms with Crippen LogP contribution >= 0.6 is 8.58 Å². The van der Waals surface area contributed by atoms with Crippen LogP contribution in [0.4, 0.5) is 0 Å². The van der Waals surface area contributed by atoms with E-state index in [9.17, 15) is 0 Å². The first-order valence-electron chi connectivity index (χ1n) is 26.4. The lowest BCUT2D eigenvalue weighted by Gasteiger charge is -2.04. The Morgan fingerprint density at radius 3 is 0.509 bits per heavy atom. The van der Waals surface area contributed by atoms with Crippen LogP contribution in [0.1, 0.15) is 322 Å². The number of unbranched alkanes of at least 4 members (excludes halogenated alkanes) is 46. The minimum Gasteiger partial charge on any atom is -0.0834 e. The Balaban J connectivity index is 3.14. The molecule has 0 amide bonds. The number of allylic oxidation sites excluding steroid dienone is 2. The summed E-state index contributed by atoms with van der Waals surface area (Å²) in [4.78, 5) is 0. The second kappa shape index (κ2) is 53.9. The Kier molecular flexibility index (Phi) is 53.8. The molecule has 0 nitrogen and oxygen atoms in total. The predicted octanol–water partition coefficient (Wildman–Crippen LogP) is 21.7.